The molecular formula is C22H21F3N4O3. The zero-order chi connectivity index (χ0) is 22.5. The van der Waals surface area contributed by atoms with Gasteiger partial charge < -0.3 is 15.4 Å². The predicted octanol–water partition coefficient (Wildman–Crippen LogP) is 3.53. The molecule has 1 fully saturated rings. The predicted molar refractivity (Wildman–Crippen MR) is 111 cm³/mol. The minimum atomic E-state index is -4.58. The number of alkyl halides is 3. The van der Waals surface area contributed by atoms with Crippen molar-refractivity contribution in [2.45, 2.75) is 44.8 Å². The number of nitrogens with one attached hydrogen (secondary N) is 1. The van der Waals surface area contributed by atoms with Crippen LogP contribution in [0.2, 0.25) is 0 Å². The molecule has 0 aliphatic carbocycles. The minimum absolute atomic E-state index is 0.117. The van der Waals surface area contributed by atoms with Gasteiger partial charge in [0.25, 0.3) is 5.56 Å². The van der Waals surface area contributed by atoms with Crippen LogP contribution in [0.5, 0.6) is 0 Å². The van der Waals surface area contributed by atoms with Gasteiger partial charge >= 0.3 is 6.18 Å². The topological polar surface area (TPSA) is 73.4 Å². The highest BCUT2D eigenvalue weighted by Gasteiger charge is 2.35. The summed E-state index contributed by atoms with van der Waals surface area (Å²) in [6, 6.07) is 9.61. The summed E-state index contributed by atoms with van der Waals surface area (Å²) in [5.41, 5.74) is 4.10. The van der Waals surface area contributed by atoms with Gasteiger partial charge in [-0.1, -0.05) is 0 Å². The monoisotopic (exact) mass is 446 g/mol. The van der Waals surface area contributed by atoms with Crippen LogP contribution < -0.4 is 15.7 Å². The summed E-state index contributed by atoms with van der Waals surface area (Å²) >= 11 is 0. The molecule has 1 atom stereocenters. The second kappa shape index (κ2) is 7.79. The normalized spacial score (nSPS) is 19.2. The van der Waals surface area contributed by atoms with E-state index in [0.717, 1.165) is 23.8 Å². The SMILES string of the molecule is O=c1c2c(c3ccc(-c4cccc[n+]4[O-])cc3n1CC(F)(F)F)NN(C1CCCCO1)C2. The molecule has 2 aliphatic rings. The molecule has 1 N–H and O–H groups in total. The quantitative estimate of drug-likeness (QED) is 0.492. The summed E-state index contributed by atoms with van der Waals surface area (Å²) < 4.78 is 47.4. The van der Waals surface area contributed by atoms with Crippen molar-refractivity contribution in [1.29, 1.82) is 0 Å². The van der Waals surface area contributed by atoms with Crippen LogP contribution in [-0.4, -0.2) is 28.6 Å². The van der Waals surface area contributed by atoms with Crippen LogP contribution in [0.15, 0.2) is 47.4 Å². The maximum Gasteiger partial charge on any atom is 0.406 e. The number of hydrazine groups is 1. The number of hydrogen-bond donors (Lipinski definition) is 1. The van der Waals surface area contributed by atoms with Crippen LogP contribution in [0.3, 0.4) is 0 Å². The zero-order valence-electron chi connectivity index (χ0n) is 17.1. The summed E-state index contributed by atoms with van der Waals surface area (Å²) in [7, 11) is 0. The first-order chi connectivity index (χ1) is 15.3. The molecule has 0 saturated carbocycles. The molecule has 10 heteroatoms. The molecule has 0 bridgehead atoms. The molecule has 1 saturated heterocycles. The number of benzene rings is 1. The molecule has 0 radical (unpaired) electrons. The lowest BCUT2D eigenvalue weighted by atomic mass is 10.0. The molecule has 2 aliphatic heterocycles. The first kappa shape index (κ1) is 20.8. The van der Waals surface area contributed by atoms with Crippen LogP contribution in [0.4, 0.5) is 18.9 Å². The van der Waals surface area contributed by atoms with E-state index in [4.69, 9.17) is 4.74 Å². The van der Waals surface area contributed by atoms with Crippen molar-refractivity contribution in [1.82, 2.24) is 9.58 Å². The number of aromatic nitrogens is 2. The van der Waals surface area contributed by atoms with E-state index in [0.29, 0.717) is 28.0 Å². The van der Waals surface area contributed by atoms with E-state index in [1.165, 1.54) is 12.3 Å². The fraction of sp³-hybridized carbons (Fsp3) is 0.364. The van der Waals surface area contributed by atoms with Crippen molar-refractivity contribution >= 4 is 16.6 Å². The Kier molecular flexibility index (Phi) is 5.06. The van der Waals surface area contributed by atoms with E-state index in [9.17, 15) is 23.2 Å². The number of halogens is 3. The van der Waals surface area contributed by atoms with Gasteiger partial charge in [0.2, 0.25) is 5.69 Å². The van der Waals surface area contributed by atoms with Gasteiger partial charge in [0, 0.05) is 29.7 Å². The van der Waals surface area contributed by atoms with Crippen LogP contribution in [0, 0.1) is 5.21 Å². The van der Waals surface area contributed by atoms with Crippen molar-refractivity contribution in [2.75, 3.05) is 12.0 Å². The summed E-state index contributed by atoms with van der Waals surface area (Å²) in [6.45, 7) is -0.646. The van der Waals surface area contributed by atoms with Gasteiger partial charge in [0.15, 0.2) is 6.20 Å². The third-order valence-electron chi connectivity index (χ3n) is 5.91. The lowest BCUT2D eigenvalue weighted by Crippen LogP contribution is -2.40. The largest absolute Gasteiger partial charge is 0.618 e. The molecule has 5 rings (SSSR count). The number of nitrogens with zero attached hydrogens (tertiary/aromatic N) is 3. The summed E-state index contributed by atoms with van der Waals surface area (Å²) in [5, 5.41) is 14.4. The number of fused-ring (bicyclic) bond motifs is 3. The molecule has 7 nitrogen and oxygen atoms in total. The van der Waals surface area contributed by atoms with Gasteiger partial charge in [-0.05, 0) is 43.5 Å². The third-order valence-corrected chi connectivity index (χ3v) is 5.91. The fourth-order valence-electron chi connectivity index (χ4n) is 4.43. The van der Waals surface area contributed by atoms with Gasteiger partial charge in [-0.3, -0.25) is 9.36 Å². The second-order valence-corrected chi connectivity index (χ2v) is 8.06. The van der Waals surface area contributed by atoms with Gasteiger partial charge in [0.1, 0.15) is 12.8 Å². The van der Waals surface area contributed by atoms with E-state index in [2.05, 4.69) is 5.43 Å². The van der Waals surface area contributed by atoms with Crippen LogP contribution in [0.1, 0.15) is 24.8 Å². The molecule has 1 aromatic carbocycles. The molecule has 168 valence electrons. The smallest absolute Gasteiger partial charge is 0.406 e. The zero-order valence-corrected chi connectivity index (χ0v) is 17.1. The summed E-state index contributed by atoms with van der Waals surface area (Å²) in [5.74, 6) is 0. The van der Waals surface area contributed by atoms with Crippen molar-refractivity contribution in [3.8, 4) is 11.3 Å². The Morgan fingerprint density at radius 1 is 1.22 bits per heavy atom. The van der Waals surface area contributed by atoms with E-state index in [1.807, 2.05) is 0 Å². The van der Waals surface area contributed by atoms with Gasteiger partial charge in [0.05, 0.1) is 23.3 Å². The van der Waals surface area contributed by atoms with Gasteiger partial charge in [-0.25, -0.2) is 0 Å². The van der Waals surface area contributed by atoms with Crippen molar-refractivity contribution in [3.63, 3.8) is 0 Å². The Bertz CT molecular complexity index is 1240. The standard InChI is InChI=1S/C22H21F3N4O3/c23-22(24,25)13-27-18-11-14(17-5-1-3-9-29(17)31)7-8-15(18)20-16(21(27)30)12-28(26-20)19-6-2-4-10-32-19/h1,3,5,7-9,11,19,26H,2,4,6,10,12-13H2. The average molecular weight is 446 g/mol. The molecule has 2 aromatic heterocycles. The van der Waals surface area contributed by atoms with Crippen LogP contribution in [-0.2, 0) is 17.8 Å². The summed E-state index contributed by atoms with van der Waals surface area (Å²) in [4.78, 5) is 13.2. The Morgan fingerprint density at radius 2 is 2.06 bits per heavy atom. The lowest BCUT2D eigenvalue weighted by molar-refractivity contribution is -0.593. The maximum absolute atomic E-state index is 13.4. The fourth-order valence-corrected chi connectivity index (χ4v) is 4.43. The molecular weight excluding hydrogens is 425 g/mol. The van der Waals surface area contributed by atoms with Gasteiger partial charge in [-0.15, -0.1) is 0 Å². The number of pyridine rings is 2. The number of rotatable bonds is 3. The lowest BCUT2D eigenvalue weighted by Gasteiger charge is -2.30. The highest BCUT2D eigenvalue weighted by Crippen LogP contribution is 2.35. The molecule has 4 heterocycles. The average Bonchev–Trinajstić information content (AvgIpc) is 3.22. The van der Waals surface area contributed by atoms with Crippen LogP contribution in [0.25, 0.3) is 22.2 Å². The van der Waals surface area contributed by atoms with E-state index in [1.54, 1.807) is 35.3 Å². The molecule has 0 spiro atoms. The Labute approximate surface area is 181 Å². The number of anilines is 1. The molecule has 32 heavy (non-hydrogen) atoms. The Hall–Kier alpha value is -3.11. The first-order valence-electron chi connectivity index (χ1n) is 10.4. The number of ether oxygens (including phenoxy) is 1. The summed E-state index contributed by atoms with van der Waals surface area (Å²) in [6.07, 6.45) is -0.796. The molecule has 1 unspecified atom stereocenters. The first-order valence-corrected chi connectivity index (χ1v) is 10.4. The van der Waals surface area contributed by atoms with Crippen LogP contribution >= 0.6 is 0 Å². The van der Waals surface area contributed by atoms with Crippen molar-refractivity contribution in [2.24, 2.45) is 0 Å². The van der Waals surface area contributed by atoms with E-state index >= 15 is 0 Å². The maximum atomic E-state index is 13.4. The van der Waals surface area contributed by atoms with Gasteiger partial charge in [-0.2, -0.15) is 22.9 Å². The number of hydrogen-bond acceptors (Lipinski definition) is 5. The Morgan fingerprint density at radius 3 is 2.78 bits per heavy atom. The van der Waals surface area contributed by atoms with Crippen molar-refractivity contribution in [3.05, 3.63) is 63.7 Å². The highest BCUT2D eigenvalue weighted by molar-refractivity contribution is 5.95. The Balaban J connectivity index is 1.67. The molecule has 0 amide bonds. The second-order valence-electron chi connectivity index (χ2n) is 8.06. The minimum Gasteiger partial charge on any atom is -0.618 e. The highest BCUT2D eigenvalue weighted by atomic mass is 19.4. The molecule has 3 aromatic rings. The van der Waals surface area contributed by atoms with Crippen molar-refractivity contribution < 1.29 is 22.6 Å². The van der Waals surface area contributed by atoms with E-state index < -0.39 is 18.3 Å². The third kappa shape index (κ3) is 3.69. The van der Waals surface area contributed by atoms with E-state index in [-0.39, 0.29) is 29.5 Å².